The van der Waals surface area contributed by atoms with Crippen LogP contribution in [0.1, 0.15) is 6.92 Å². The van der Waals surface area contributed by atoms with Crippen LogP contribution in [0.25, 0.3) is 0 Å². The SMILES string of the molecule is COc1nc(OC)nc(OC(=O)C(C)N(C)C)n1. The maximum atomic E-state index is 11.7. The highest BCUT2D eigenvalue weighted by Gasteiger charge is 2.20. The molecular formula is C10H16N4O4. The third-order valence-electron chi connectivity index (χ3n) is 2.25. The fraction of sp³-hybridized carbons (Fsp3) is 0.600. The molecule has 1 atom stereocenters. The van der Waals surface area contributed by atoms with Crippen LogP contribution in [0.2, 0.25) is 0 Å². The number of esters is 1. The molecule has 0 saturated carbocycles. The number of nitrogens with zero attached hydrogens (tertiary/aromatic N) is 4. The summed E-state index contributed by atoms with van der Waals surface area (Å²) in [5.41, 5.74) is 0. The molecule has 0 amide bonds. The second-order valence-corrected chi connectivity index (χ2v) is 3.65. The zero-order valence-electron chi connectivity index (χ0n) is 11.0. The summed E-state index contributed by atoms with van der Waals surface area (Å²) in [6.07, 6.45) is 0. The number of methoxy groups -OCH3 is 2. The minimum absolute atomic E-state index is 0.0159. The molecule has 0 aliphatic carbocycles. The van der Waals surface area contributed by atoms with E-state index in [1.807, 2.05) is 0 Å². The lowest BCUT2D eigenvalue weighted by atomic mass is 10.3. The number of likely N-dealkylation sites (N-methyl/N-ethyl adjacent to an activating group) is 1. The van der Waals surface area contributed by atoms with Gasteiger partial charge in [0.15, 0.2) is 0 Å². The van der Waals surface area contributed by atoms with E-state index < -0.39 is 12.0 Å². The van der Waals surface area contributed by atoms with Gasteiger partial charge in [0.1, 0.15) is 6.04 Å². The molecule has 1 rings (SSSR count). The Kier molecular flexibility index (Phi) is 4.78. The smallest absolute Gasteiger partial charge is 0.333 e. The van der Waals surface area contributed by atoms with Gasteiger partial charge >= 0.3 is 24.0 Å². The Hall–Kier alpha value is -1.96. The molecule has 0 saturated heterocycles. The highest BCUT2D eigenvalue weighted by molar-refractivity contribution is 5.77. The summed E-state index contributed by atoms with van der Waals surface area (Å²) in [6.45, 7) is 1.71. The molecule has 0 fully saturated rings. The predicted octanol–water partition coefficient (Wildman–Crippen LogP) is -0.256. The molecular weight excluding hydrogens is 240 g/mol. The molecule has 0 spiro atoms. The quantitative estimate of drug-likeness (QED) is 0.666. The van der Waals surface area contributed by atoms with Gasteiger partial charge in [-0.3, -0.25) is 4.90 Å². The lowest BCUT2D eigenvalue weighted by Crippen LogP contribution is -2.36. The molecule has 1 heterocycles. The van der Waals surface area contributed by atoms with Crippen LogP contribution in [0, 0.1) is 0 Å². The van der Waals surface area contributed by atoms with Crippen molar-refractivity contribution >= 4 is 5.97 Å². The van der Waals surface area contributed by atoms with Crippen molar-refractivity contribution in [2.24, 2.45) is 0 Å². The topological polar surface area (TPSA) is 86.7 Å². The van der Waals surface area contributed by atoms with Crippen LogP contribution in [-0.4, -0.2) is 60.2 Å². The number of hydrogen-bond acceptors (Lipinski definition) is 8. The van der Waals surface area contributed by atoms with Crippen molar-refractivity contribution in [3.05, 3.63) is 0 Å². The summed E-state index contributed by atoms with van der Waals surface area (Å²) < 4.78 is 14.7. The first-order valence-corrected chi connectivity index (χ1v) is 5.20. The van der Waals surface area contributed by atoms with Crippen molar-refractivity contribution in [3.63, 3.8) is 0 Å². The van der Waals surface area contributed by atoms with Crippen LogP contribution >= 0.6 is 0 Å². The minimum atomic E-state index is -0.477. The van der Waals surface area contributed by atoms with E-state index in [-0.39, 0.29) is 18.0 Å². The Morgan fingerprint density at radius 3 is 1.89 bits per heavy atom. The maximum Gasteiger partial charge on any atom is 0.333 e. The number of hydrogen-bond donors (Lipinski definition) is 0. The molecule has 18 heavy (non-hydrogen) atoms. The average molecular weight is 256 g/mol. The zero-order valence-corrected chi connectivity index (χ0v) is 11.0. The third kappa shape index (κ3) is 3.52. The summed E-state index contributed by atoms with van der Waals surface area (Å²) in [5, 5.41) is 0. The van der Waals surface area contributed by atoms with E-state index in [2.05, 4.69) is 15.0 Å². The molecule has 100 valence electrons. The minimum Gasteiger partial charge on any atom is -0.467 e. The number of carbonyl (C=O) groups is 1. The van der Waals surface area contributed by atoms with Gasteiger partial charge < -0.3 is 14.2 Å². The van der Waals surface area contributed by atoms with Crippen molar-refractivity contribution in [1.82, 2.24) is 19.9 Å². The second-order valence-electron chi connectivity index (χ2n) is 3.65. The molecule has 1 aromatic heterocycles. The van der Waals surface area contributed by atoms with Crippen LogP contribution in [0.4, 0.5) is 0 Å². The van der Waals surface area contributed by atoms with Crippen molar-refractivity contribution in [2.75, 3.05) is 28.3 Å². The average Bonchev–Trinajstić information content (AvgIpc) is 2.36. The molecule has 8 heteroatoms. The first-order chi connectivity index (χ1) is 8.47. The van der Waals surface area contributed by atoms with E-state index in [0.29, 0.717) is 0 Å². The van der Waals surface area contributed by atoms with Gasteiger partial charge in [-0.15, -0.1) is 15.0 Å². The Labute approximate surface area is 105 Å². The van der Waals surface area contributed by atoms with Gasteiger partial charge in [-0.25, -0.2) is 4.79 Å². The number of carbonyl (C=O) groups excluding carboxylic acids is 1. The number of aromatic nitrogens is 3. The van der Waals surface area contributed by atoms with E-state index in [9.17, 15) is 4.79 Å². The maximum absolute atomic E-state index is 11.7. The molecule has 1 unspecified atom stereocenters. The van der Waals surface area contributed by atoms with Gasteiger partial charge in [0.05, 0.1) is 14.2 Å². The van der Waals surface area contributed by atoms with Crippen LogP contribution in [0.5, 0.6) is 18.0 Å². The molecule has 8 nitrogen and oxygen atoms in total. The Bertz CT molecular complexity index is 402. The molecule has 0 N–H and O–H groups in total. The van der Waals surface area contributed by atoms with Crippen molar-refractivity contribution in [3.8, 4) is 18.0 Å². The Morgan fingerprint density at radius 1 is 1.06 bits per heavy atom. The number of ether oxygens (including phenoxy) is 3. The van der Waals surface area contributed by atoms with Gasteiger partial charge in [0.2, 0.25) is 0 Å². The van der Waals surface area contributed by atoms with E-state index >= 15 is 0 Å². The Morgan fingerprint density at radius 2 is 1.50 bits per heavy atom. The lowest BCUT2D eigenvalue weighted by molar-refractivity contribution is -0.139. The fourth-order valence-corrected chi connectivity index (χ4v) is 0.935. The van der Waals surface area contributed by atoms with Gasteiger partial charge in [0, 0.05) is 0 Å². The summed E-state index contributed by atoms with van der Waals surface area (Å²) in [5.74, 6) is -0.477. The standard InChI is InChI=1S/C10H16N4O4/c1-6(14(2)3)7(15)18-10-12-8(16-4)11-9(13-10)17-5/h6H,1-5H3. The fourth-order valence-electron chi connectivity index (χ4n) is 0.935. The van der Waals surface area contributed by atoms with Gasteiger partial charge in [-0.05, 0) is 21.0 Å². The second kappa shape index (κ2) is 6.10. The van der Waals surface area contributed by atoms with Crippen molar-refractivity contribution in [1.29, 1.82) is 0 Å². The third-order valence-corrected chi connectivity index (χ3v) is 2.25. The zero-order chi connectivity index (χ0) is 13.7. The molecule has 1 aromatic rings. The Balaban J connectivity index is 2.86. The van der Waals surface area contributed by atoms with Gasteiger partial charge in [0.25, 0.3) is 0 Å². The normalized spacial score (nSPS) is 12.1. The highest BCUT2D eigenvalue weighted by Crippen LogP contribution is 2.14. The monoisotopic (exact) mass is 256 g/mol. The van der Waals surface area contributed by atoms with Crippen LogP contribution < -0.4 is 14.2 Å². The van der Waals surface area contributed by atoms with Gasteiger partial charge in [-0.2, -0.15) is 0 Å². The lowest BCUT2D eigenvalue weighted by Gasteiger charge is -2.17. The first kappa shape index (κ1) is 14.1. The molecule has 0 aliphatic rings. The summed E-state index contributed by atoms with van der Waals surface area (Å²) in [4.78, 5) is 24.8. The molecule has 0 aliphatic heterocycles. The summed E-state index contributed by atoms with van der Waals surface area (Å²) in [6, 6.07) is -0.541. The number of rotatable bonds is 5. The molecule has 0 radical (unpaired) electrons. The van der Waals surface area contributed by atoms with E-state index in [0.717, 1.165) is 0 Å². The predicted molar refractivity (Wildman–Crippen MR) is 61.7 cm³/mol. The summed E-state index contributed by atoms with van der Waals surface area (Å²) in [7, 11) is 6.31. The van der Waals surface area contributed by atoms with E-state index in [4.69, 9.17) is 14.2 Å². The van der Waals surface area contributed by atoms with E-state index in [1.165, 1.54) is 14.2 Å². The summed E-state index contributed by atoms with van der Waals surface area (Å²) >= 11 is 0. The largest absolute Gasteiger partial charge is 0.467 e. The molecule has 0 bridgehead atoms. The van der Waals surface area contributed by atoms with Crippen LogP contribution in [0.3, 0.4) is 0 Å². The highest BCUT2D eigenvalue weighted by atomic mass is 16.6. The van der Waals surface area contributed by atoms with Gasteiger partial charge in [-0.1, -0.05) is 0 Å². The first-order valence-electron chi connectivity index (χ1n) is 5.20. The van der Waals surface area contributed by atoms with E-state index in [1.54, 1.807) is 25.9 Å². The van der Waals surface area contributed by atoms with Crippen LogP contribution in [-0.2, 0) is 4.79 Å². The van der Waals surface area contributed by atoms with Crippen LogP contribution in [0.15, 0.2) is 0 Å². The van der Waals surface area contributed by atoms with Crippen molar-refractivity contribution < 1.29 is 19.0 Å². The van der Waals surface area contributed by atoms with Crippen molar-refractivity contribution in [2.45, 2.75) is 13.0 Å². The molecule has 0 aromatic carbocycles.